The summed E-state index contributed by atoms with van der Waals surface area (Å²) >= 11 is 0. The summed E-state index contributed by atoms with van der Waals surface area (Å²) in [6.45, 7) is 0.726. The van der Waals surface area contributed by atoms with E-state index in [9.17, 15) is 9.90 Å². The Kier molecular flexibility index (Phi) is 4.06. The molecular formula is C18H21N5O3. The van der Waals surface area contributed by atoms with Gasteiger partial charge in [0.25, 0.3) is 0 Å². The highest BCUT2D eigenvalue weighted by Gasteiger charge is 2.35. The van der Waals surface area contributed by atoms with Crippen molar-refractivity contribution in [3.8, 4) is 0 Å². The molecule has 1 aliphatic carbocycles. The summed E-state index contributed by atoms with van der Waals surface area (Å²) < 4.78 is 6.75. The topological polar surface area (TPSA) is 119 Å². The van der Waals surface area contributed by atoms with Crippen LogP contribution in [0.3, 0.4) is 0 Å². The number of fused-ring (bicyclic) bond motifs is 1. The van der Waals surface area contributed by atoms with Gasteiger partial charge in [0, 0.05) is 18.3 Å². The zero-order valence-corrected chi connectivity index (χ0v) is 14.2. The van der Waals surface area contributed by atoms with Crippen molar-refractivity contribution in [3.63, 3.8) is 0 Å². The average Bonchev–Trinajstić information content (AvgIpc) is 2.96. The van der Waals surface area contributed by atoms with Crippen LogP contribution in [-0.2, 0) is 11.3 Å². The molecule has 6 N–H and O–H groups in total. The van der Waals surface area contributed by atoms with Crippen LogP contribution in [0.25, 0.3) is 5.57 Å². The van der Waals surface area contributed by atoms with E-state index < -0.39 is 0 Å². The highest BCUT2D eigenvalue weighted by Crippen LogP contribution is 2.40. The van der Waals surface area contributed by atoms with Crippen molar-refractivity contribution >= 4 is 17.0 Å². The number of nitrogens with two attached hydrogens (primary N) is 2. The molecule has 0 unspecified atom stereocenters. The maximum absolute atomic E-state index is 12.6. The Labute approximate surface area is 150 Å². The lowest BCUT2D eigenvalue weighted by atomic mass is 10.0. The van der Waals surface area contributed by atoms with E-state index in [1.807, 2.05) is 24.3 Å². The molecule has 3 aliphatic rings. The molecule has 0 fully saturated rings. The van der Waals surface area contributed by atoms with E-state index in [4.69, 9.17) is 16.4 Å². The molecule has 0 saturated carbocycles. The second-order valence-electron chi connectivity index (χ2n) is 6.34. The van der Waals surface area contributed by atoms with Crippen LogP contribution in [-0.4, -0.2) is 28.7 Å². The number of rotatable bonds is 3. The number of dihydropyridines is 1. The van der Waals surface area contributed by atoms with Crippen molar-refractivity contribution in [1.29, 1.82) is 0 Å². The molecule has 4 rings (SSSR count). The van der Waals surface area contributed by atoms with Crippen LogP contribution in [0.1, 0.15) is 34.6 Å². The smallest absolute Gasteiger partial charge is 0.192 e. The molecule has 1 aromatic rings. The first-order valence-corrected chi connectivity index (χ1v) is 8.48. The largest absolute Gasteiger partial charge is 0.506 e. The predicted molar refractivity (Wildman–Crippen MR) is 98.4 cm³/mol. The normalized spacial score (nSPS) is 19.3. The van der Waals surface area contributed by atoms with Gasteiger partial charge in [0.2, 0.25) is 0 Å². The fourth-order valence-corrected chi connectivity index (χ4v) is 3.49. The quantitative estimate of drug-likeness (QED) is 0.475. The molecule has 8 heteroatoms. The Morgan fingerprint density at radius 2 is 2.12 bits per heavy atom. The molecule has 8 nitrogen and oxygen atoms in total. The lowest BCUT2D eigenvalue weighted by molar-refractivity contribution is 0.0653. The van der Waals surface area contributed by atoms with E-state index in [1.54, 1.807) is 0 Å². The van der Waals surface area contributed by atoms with Crippen molar-refractivity contribution in [2.75, 3.05) is 24.0 Å². The number of carbonyl (C=O) groups excluding carboxylic acids is 1. The molecule has 136 valence electrons. The number of ether oxygens (including phenoxy) is 1. The maximum Gasteiger partial charge on any atom is 0.192 e. The van der Waals surface area contributed by atoms with Crippen LogP contribution >= 0.6 is 0 Å². The van der Waals surface area contributed by atoms with E-state index in [0.29, 0.717) is 34.8 Å². The van der Waals surface area contributed by atoms with Gasteiger partial charge in [-0.1, -0.05) is 18.2 Å². The maximum atomic E-state index is 12.6. The third-order valence-corrected chi connectivity index (χ3v) is 4.72. The third-order valence-electron chi connectivity index (χ3n) is 4.72. The van der Waals surface area contributed by atoms with Gasteiger partial charge in [0.15, 0.2) is 5.78 Å². The Bertz CT molecular complexity index is 891. The number of aliphatic hydroxyl groups excluding tert-OH is 1. The molecule has 0 saturated heterocycles. The summed E-state index contributed by atoms with van der Waals surface area (Å²) in [5.41, 5.74) is 3.29. The van der Waals surface area contributed by atoms with Crippen LogP contribution in [0.4, 0.5) is 5.69 Å². The summed E-state index contributed by atoms with van der Waals surface area (Å²) in [5, 5.41) is 14.8. The number of carbonyl (C=O) groups is 1. The van der Waals surface area contributed by atoms with Crippen LogP contribution in [0.5, 0.6) is 0 Å². The number of nitrogens with zero attached hydrogens (tertiary/aromatic N) is 2. The molecule has 0 atom stereocenters. The number of anilines is 1. The van der Waals surface area contributed by atoms with E-state index in [1.165, 1.54) is 15.9 Å². The zero-order valence-electron chi connectivity index (χ0n) is 14.2. The molecule has 0 aromatic carbocycles. The number of aliphatic hydroxyl groups is 1. The number of ketones is 1. The van der Waals surface area contributed by atoms with Crippen molar-refractivity contribution < 1.29 is 14.6 Å². The van der Waals surface area contributed by atoms with Crippen molar-refractivity contribution in [3.05, 3.63) is 58.9 Å². The lowest BCUT2D eigenvalue weighted by Gasteiger charge is -2.25. The van der Waals surface area contributed by atoms with Gasteiger partial charge < -0.3 is 21.0 Å². The standard InChI is InChI=1S/C18H21N5O3/c19-22(11-4-2-1-3-5-11)18-16-13(9-26-10-15(16)25)23(20)17(18)12-6-7-21-8-14(12)24/h2,4-6,8,21,24H,1,3,7,9-10,19-20H2. The van der Waals surface area contributed by atoms with Gasteiger partial charge in [0.05, 0.1) is 34.9 Å². The third kappa shape index (κ3) is 2.51. The number of allylic oxidation sites excluding steroid dienone is 4. The molecule has 2 aliphatic heterocycles. The molecule has 0 spiro atoms. The van der Waals surface area contributed by atoms with Crippen LogP contribution < -0.4 is 22.0 Å². The number of Topliss-reactive ketones (excluding diaryl/α,β-unsaturated/α-hetero) is 1. The van der Waals surface area contributed by atoms with Crippen LogP contribution in [0.2, 0.25) is 0 Å². The summed E-state index contributed by atoms with van der Waals surface area (Å²) in [6, 6.07) is 0. The van der Waals surface area contributed by atoms with Crippen molar-refractivity contribution in [2.45, 2.75) is 19.4 Å². The minimum atomic E-state index is -0.180. The minimum Gasteiger partial charge on any atom is -0.506 e. The summed E-state index contributed by atoms with van der Waals surface area (Å²) in [5.74, 6) is 12.6. The fraction of sp³-hybridized carbons (Fsp3) is 0.278. The average molecular weight is 355 g/mol. The Balaban J connectivity index is 1.94. The first-order chi connectivity index (χ1) is 12.6. The van der Waals surface area contributed by atoms with Gasteiger partial charge in [-0.25, -0.2) is 5.84 Å². The van der Waals surface area contributed by atoms with Gasteiger partial charge in [0.1, 0.15) is 12.4 Å². The first-order valence-electron chi connectivity index (χ1n) is 8.48. The molecule has 0 amide bonds. The lowest BCUT2D eigenvalue weighted by Crippen LogP contribution is -2.32. The Morgan fingerprint density at radius 1 is 1.27 bits per heavy atom. The fourth-order valence-electron chi connectivity index (χ4n) is 3.49. The molecule has 1 aromatic heterocycles. The second-order valence-corrected chi connectivity index (χ2v) is 6.34. The number of nitrogen functional groups attached to an aromatic ring is 1. The molecule has 0 bridgehead atoms. The van der Waals surface area contributed by atoms with Crippen LogP contribution in [0, 0.1) is 0 Å². The molecule has 3 heterocycles. The monoisotopic (exact) mass is 355 g/mol. The minimum absolute atomic E-state index is 0.0192. The highest BCUT2D eigenvalue weighted by molar-refractivity contribution is 6.07. The number of hydrazine groups is 1. The zero-order chi connectivity index (χ0) is 18.3. The molecule has 0 radical (unpaired) electrons. The number of aromatic nitrogens is 1. The predicted octanol–water partition coefficient (Wildman–Crippen LogP) is 1.21. The van der Waals surface area contributed by atoms with Crippen molar-refractivity contribution in [2.24, 2.45) is 5.84 Å². The summed E-state index contributed by atoms with van der Waals surface area (Å²) in [4.78, 5) is 12.6. The van der Waals surface area contributed by atoms with Gasteiger partial charge in [-0.3, -0.25) is 14.5 Å². The number of nitrogens with one attached hydrogen (secondary N) is 1. The van der Waals surface area contributed by atoms with E-state index in [2.05, 4.69) is 5.32 Å². The van der Waals surface area contributed by atoms with Crippen LogP contribution in [0.15, 0.2) is 42.0 Å². The van der Waals surface area contributed by atoms with E-state index >= 15 is 0 Å². The van der Waals surface area contributed by atoms with E-state index in [-0.39, 0.29) is 24.8 Å². The van der Waals surface area contributed by atoms with Gasteiger partial charge in [-0.15, -0.1) is 0 Å². The highest BCUT2D eigenvalue weighted by atomic mass is 16.5. The Hall–Kier alpha value is -2.97. The van der Waals surface area contributed by atoms with Crippen molar-refractivity contribution in [1.82, 2.24) is 9.99 Å². The summed E-state index contributed by atoms with van der Waals surface area (Å²) in [7, 11) is 0. The molecular weight excluding hydrogens is 334 g/mol. The Morgan fingerprint density at radius 3 is 2.85 bits per heavy atom. The summed E-state index contributed by atoms with van der Waals surface area (Å²) in [6.07, 6.45) is 11.1. The number of hydrogen-bond acceptors (Lipinski definition) is 7. The second kappa shape index (κ2) is 6.40. The van der Waals surface area contributed by atoms with E-state index in [0.717, 1.165) is 18.5 Å². The van der Waals surface area contributed by atoms with Gasteiger partial charge >= 0.3 is 0 Å². The number of hydrogen-bond donors (Lipinski definition) is 4. The first kappa shape index (κ1) is 16.5. The van der Waals surface area contributed by atoms with Gasteiger partial charge in [-0.2, -0.15) is 0 Å². The SMILES string of the molecule is NN(C1=CCCC=C1)c1c2c(n(N)c1C1=CCNC=C1O)COCC2=O. The van der Waals surface area contributed by atoms with Gasteiger partial charge in [-0.05, 0) is 18.9 Å². The molecule has 26 heavy (non-hydrogen) atoms.